The highest BCUT2D eigenvalue weighted by Crippen LogP contribution is 2.18. The van der Waals surface area contributed by atoms with Crippen molar-refractivity contribution in [2.75, 3.05) is 13.6 Å². The zero-order chi connectivity index (χ0) is 8.97. The van der Waals surface area contributed by atoms with Gasteiger partial charge in [-0.25, -0.2) is 4.39 Å². The molecule has 66 valence electrons. The second-order valence-corrected chi connectivity index (χ2v) is 2.96. The summed E-state index contributed by atoms with van der Waals surface area (Å²) in [5.41, 5.74) is 0.591. The Balaban J connectivity index is 2.81. The highest BCUT2D eigenvalue weighted by atomic mass is 35.5. The summed E-state index contributed by atoms with van der Waals surface area (Å²) in [6.45, 7) is 0.737. The van der Waals surface area contributed by atoms with Gasteiger partial charge in [-0.3, -0.25) is 0 Å². The largest absolute Gasteiger partial charge is 0.319 e. The molecule has 0 amide bonds. The summed E-state index contributed by atoms with van der Waals surface area (Å²) in [7, 11) is 1.83. The maximum Gasteiger partial charge on any atom is 0.127 e. The smallest absolute Gasteiger partial charge is 0.127 e. The first-order valence-electron chi connectivity index (χ1n) is 3.83. The number of hydrogen-bond donors (Lipinski definition) is 1. The molecule has 3 heteroatoms. The van der Waals surface area contributed by atoms with Crippen LogP contribution in [-0.4, -0.2) is 13.6 Å². The summed E-state index contributed by atoms with van der Waals surface area (Å²) < 4.78 is 13.1. The van der Waals surface area contributed by atoms with Gasteiger partial charge in [0.05, 0.1) is 0 Å². The number of benzene rings is 1. The van der Waals surface area contributed by atoms with E-state index >= 15 is 0 Å². The minimum atomic E-state index is -0.224. The van der Waals surface area contributed by atoms with Crippen LogP contribution in [0, 0.1) is 5.82 Å². The summed E-state index contributed by atoms with van der Waals surface area (Å²) in [5, 5.41) is 3.45. The predicted molar refractivity (Wildman–Crippen MR) is 49.0 cm³/mol. The quantitative estimate of drug-likeness (QED) is 0.766. The maximum absolute atomic E-state index is 13.1. The molecule has 12 heavy (non-hydrogen) atoms. The van der Waals surface area contributed by atoms with Crippen molar-refractivity contribution in [2.24, 2.45) is 0 Å². The summed E-state index contributed by atoms with van der Waals surface area (Å²) >= 11 is 5.80. The Hall–Kier alpha value is -0.600. The summed E-state index contributed by atoms with van der Waals surface area (Å²) in [6, 6.07) is 4.74. The van der Waals surface area contributed by atoms with E-state index in [-0.39, 0.29) is 5.82 Å². The van der Waals surface area contributed by atoms with Gasteiger partial charge in [0.25, 0.3) is 0 Å². The Kier molecular flexibility index (Phi) is 3.50. The zero-order valence-electron chi connectivity index (χ0n) is 6.90. The van der Waals surface area contributed by atoms with Crippen LogP contribution in [0.1, 0.15) is 5.56 Å². The van der Waals surface area contributed by atoms with Gasteiger partial charge in [0.2, 0.25) is 0 Å². The van der Waals surface area contributed by atoms with E-state index in [1.807, 2.05) is 7.05 Å². The fourth-order valence-corrected chi connectivity index (χ4v) is 1.28. The molecule has 0 saturated heterocycles. The monoisotopic (exact) mass is 187 g/mol. The third kappa shape index (κ3) is 2.19. The lowest BCUT2D eigenvalue weighted by Crippen LogP contribution is -2.11. The van der Waals surface area contributed by atoms with Gasteiger partial charge in [-0.2, -0.15) is 0 Å². The molecular formula is C9H11ClFN. The van der Waals surface area contributed by atoms with Crippen molar-refractivity contribution in [1.82, 2.24) is 5.32 Å². The Morgan fingerprint density at radius 3 is 2.83 bits per heavy atom. The molecule has 1 rings (SSSR count). The van der Waals surface area contributed by atoms with Crippen LogP contribution in [-0.2, 0) is 6.42 Å². The minimum Gasteiger partial charge on any atom is -0.319 e. The third-order valence-electron chi connectivity index (χ3n) is 1.69. The highest BCUT2D eigenvalue weighted by Gasteiger charge is 2.04. The molecule has 0 bridgehead atoms. The van der Waals surface area contributed by atoms with E-state index in [0.29, 0.717) is 17.0 Å². The maximum atomic E-state index is 13.1. The third-order valence-corrected chi connectivity index (χ3v) is 2.04. The van der Waals surface area contributed by atoms with Crippen molar-refractivity contribution in [2.45, 2.75) is 6.42 Å². The molecule has 0 aliphatic carbocycles. The Bertz CT molecular complexity index is 242. The van der Waals surface area contributed by atoms with Crippen molar-refractivity contribution >= 4 is 11.6 Å². The van der Waals surface area contributed by atoms with E-state index in [2.05, 4.69) is 5.32 Å². The fourth-order valence-electron chi connectivity index (χ4n) is 1.02. The standard InChI is InChI=1S/C9H11ClFN/c1-12-6-5-7-8(10)3-2-4-9(7)11/h2-4,12H,5-6H2,1H3. The number of halogens is 2. The lowest BCUT2D eigenvalue weighted by atomic mass is 10.1. The van der Waals surface area contributed by atoms with Crippen molar-refractivity contribution in [1.29, 1.82) is 0 Å². The average molecular weight is 188 g/mol. The van der Waals surface area contributed by atoms with Crippen molar-refractivity contribution in [3.63, 3.8) is 0 Å². The van der Waals surface area contributed by atoms with Gasteiger partial charge in [0.1, 0.15) is 5.82 Å². The van der Waals surface area contributed by atoms with Gasteiger partial charge < -0.3 is 5.32 Å². The van der Waals surface area contributed by atoms with Crippen LogP contribution >= 0.6 is 11.6 Å². The van der Waals surface area contributed by atoms with Crippen molar-refractivity contribution in [3.05, 3.63) is 34.6 Å². The topological polar surface area (TPSA) is 12.0 Å². The van der Waals surface area contributed by atoms with E-state index in [0.717, 1.165) is 6.54 Å². The molecule has 1 nitrogen and oxygen atoms in total. The number of nitrogens with one attached hydrogen (secondary N) is 1. The van der Waals surface area contributed by atoms with E-state index in [9.17, 15) is 4.39 Å². The predicted octanol–water partition coefficient (Wildman–Crippen LogP) is 2.24. The second-order valence-electron chi connectivity index (χ2n) is 2.55. The SMILES string of the molecule is CNCCc1c(F)cccc1Cl. The Morgan fingerprint density at radius 1 is 1.50 bits per heavy atom. The molecule has 0 aliphatic heterocycles. The molecule has 0 radical (unpaired) electrons. The molecule has 0 aromatic heterocycles. The zero-order valence-corrected chi connectivity index (χ0v) is 7.66. The molecule has 1 aromatic rings. The van der Waals surface area contributed by atoms with Crippen molar-refractivity contribution in [3.8, 4) is 0 Å². The van der Waals surface area contributed by atoms with E-state index in [1.54, 1.807) is 12.1 Å². The van der Waals surface area contributed by atoms with Gasteiger partial charge in [-0.1, -0.05) is 17.7 Å². The summed E-state index contributed by atoms with van der Waals surface area (Å²) in [5.74, 6) is -0.224. The Morgan fingerprint density at radius 2 is 2.25 bits per heavy atom. The molecule has 1 N–H and O–H groups in total. The molecule has 0 atom stereocenters. The van der Waals surface area contributed by atoms with E-state index < -0.39 is 0 Å². The molecule has 1 aromatic carbocycles. The van der Waals surface area contributed by atoms with Crippen LogP contribution in [0.2, 0.25) is 5.02 Å². The molecule has 0 unspecified atom stereocenters. The number of hydrogen-bond acceptors (Lipinski definition) is 1. The van der Waals surface area contributed by atoms with Gasteiger partial charge in [0, 0.05) is 10.6 Å². The highest BCUT2D eigenvalue weighted by molar-refractivity contribution is 6.31. The average Bonchev–Trinajstić information content (AvgIpc) is 2.04. The molecular weight excluding hydrogens is 177 g/mol. The van der Waals surface area contributed by atoms with Crippen LogP contribution in [0.25, 0.3) is 0 Å². The normalized spacial score (nSPS) is 10.2. The fraction of sp³-hybridized carbons (Fsp3) is 0.333. The number of likely N-dealkylation sites (N-methyl/N-ethyl adjacent to an activating group) is 1. The second kappa shape index (κ2) is 4.43. The van der Waals surface area contributed by atoms with Gasteiger partial charge in [0.15, 0.2) is 0 Å². The van der Waals surface area contributed by atoms with E-state index in [4.69, 9.17) is 11.6 Å². The lowest BCUT2D eigenvalue weighted by molar-refractivity contribution is 0.605. The number of rotatable bonds is 3. The molecule has 0 aliphatic rings. The first kappa shape index (κ1) is 9.49. The van der Waals surface area contributed by atoms with Gasteiger partial charge in [-0.05, 0) is 32.1 Å². The summed E-state index contributed by atoms with van der Waals surface area (Å²) in [6.07, 6.45) is 0.627. The minimum absolute atomic E-state index is 0.224. The summed E-state index contributed by atoms with van der Waals surface area (Å²) in [4.78, 5) is 0. The van der Waals surface area contributed by atoms with Crippen molar-refractivity contribution < 1.29 is 4.39 Å². The first-order valence-corrected chi connectivity index (χ1v) is 4.21. The van der Waals surface area contributed by atoms with E-state index in [1.165, 1.54) is 6.07 Å². The van der Waals surface area contributed by atoms with Gasteiger partial charge >= 0.3 is 0 Å². The lowest BCUT2D eigenvalue weighted by Gasteiger charge is -2.04. The van der Waals surface area contributed by atoms with Crippen LogP contribution in [0.15, 0.2) is 18.2 Å². The van der Waals surface area contributed by atoms with Gasteiger partial charge in [-0.15, -0.1) is 0 Å². The molecule has 0 spiro atoms. The van der Waals surface area contributed by atoms with Crippen LogP contribution in [0.5, 0.6) is 0 Å². The molecule has 0 fully saturated rings. The first-order chi connectivity index (χ1) is 5.75. The Labute approximate surface area is 76.5 Å². The van der Waals surface area contributed by atoms with Crippen LogP contribution in [0.4, 0.5) is 4.39 Å². The molecule has 0 heterocycles. The molecule has 0 saturated carbocycles. The van der Waals surface area contributed by atoms with Crippen LogP contribution < -0.4 is 5.32 Å². The van der Waals surface area contributed by atoms with Crippen LogP contribution in [0.3, 0.4) is 0 Å².